The number of nitrogens with zero attached hydrogens (tertiary/aromatic N) is 1. The zero-order valence-electron chi connectivity index (χ0n) is 10.8. The van der Waals surface area contributed by atoms with Crippen LogP contribution in [0.1, 0.15) is 34.1 Å². The van der Waals surface area contributed by atoms with E-state index in [9.17, 15) is 4.79 Å². The van der Waals surface area contributed by atoms with Gasteiger partial charge in [0.1, 0.15) is 0 Å². The topological polar surface area (TPSA) is 46.3 Å². The summed E-state index contributed by atoms with van der Waals surface area (Å²) in [5, 5.41) is 0. The monoisotopic (exact) mass is 248 g/mol. The molecule has 1 rings (SSSR count). The number of hydrogen-bond donors (Lipinski definition) is 1. The molecule has 0 aromatic carbocycles. The number of carbonyl (C=O) groups excluding carboxylic acids is 1. The van der Waals surface area contributed by atoms with Gasteiger partial charge < -0.3 is 10.6 Å². The highest BCUT2D eigenvalue weighted by Gasteiger charge is 2.35. The van der Waals surface area contributed by atoms with E-state index in [4.69, 9.17) is 5.73 Å². The van der Waals surface area contributed by atoms with Crippen molar-refractivity contribution in [2.75, 3.05) is 19.6 Å². The van der Waals surface area contributed by atoms with Crippen LogP contribution >= 0.6 is 12.4 Å². The fraction of sp³-hybridized carbons (Fsp3) is 0.917. The van der Waals surface area contributed by atoms with E-state index in [-0.39, 0.29) is 18.3 Å². The van der Waals surface area contributed by atoms with Gasteiger partial charge in [0.15, 0.2) is 0 Å². The summed E-state index contributed by atoms with van der Waals surface area (Å²) in [6, 6.07) is 0. The Kier molecular flexibility index (Phi) is 5.77. The Morgan fingerprint density at radius 2 is 2.06 bits per heavy atom. The summed E-state index contributed by atoms with van der Waals surface area (Å²) in [7, 11) is 0. The van der Waals surface area contributed by atoms with Gasteiger partial charge in [-0.2, -0.15) is 0 Å². The first-order valence-electron chi connectivity index (χ1n) is 5.88. The molecule has 3 nitrogen and oxygen atoms in total. The Labute approximate surface area is 105 Å². The second kappa shape index (κ2) is 5.87. The maximum Gasteiger partial charge on any atom is 0.229 e. The van der Waals surface area contributed by atoms with Gasteiger partial charge in [-0.25, -0.2) is 0 Å². The summed E-state index contributed by atoms with van der Waals surface area (Å²) in [5.74, 6) is 1.56. The van der Waals surface area contributed by atoms with Crippen LogP contribution in [0, 0.1) is 17.3 Å². The summed E-state index contributed by atoms with van der Waals surface area (Å²) in [6.45, 7) is 10.6. The lowest BCUT2D eigenvalue weighted by molar-refractivity contribution is -0.138. The van der Waals surface area contributed by atoms with Gasteiger partial charge in [-0.15, -0.1) is 12.4 Å². The van der Waals surface area contributed by atoms with E-state index in [2.05, 4.69) is 13.8 Å². The molecule has 1 saturated heterocycles. The number of likely N-dealkylation sites (tertiary alicyclic amines) is 1. The third-order valence-electron chi connectivity index (χ3n) is 3.54. The smallest absolute Gasteiger partial charge is 0.229 e. The van der Waals surface area contributed by atoms with Crippen LogP contribution in [0.2, 0.25) is 0 Å². The van der Waals surface area contributed by atoms with Gasteiger partial charge in [-0.3, -0.25) is 4.79 Å². The van der Waals surface area contributed by atoms with Crippen molar-refractivity contribution >= 4 is 18.3 Å². The molecule has 1 atom stereocenters. The summed E-state index contributed by atoms with van der Waals surface area (Å²) in [5.41, 5.74) is 5.22. The highest BCUT2D eigenvalue weighted by Crippen LogP contribution is 2.27. The van der Waals surface area contributed by atoms with E-state index in [1.165, 1.54) is 0 Å². The van der Waals surface area contributed by atoms with Crippen LogP contribution in [0.4, 0.5) is 0 Å². The zero-order chi connectivity index (χ0) is 11.6. The van der Waals surface area contributed by atoms with Gasteiger partial charge in [0, 0.05) is 19.6 Å². The average Bonchev–Trinajstić information content (AvgIpc) is 2.65. The predicted octanol–water partition coefficient (Wildman–Crippen LogP) is 1.90. The van der Waals surface area contributed by atoms with Gasteiger partial charge in [-0.05, 0) is 32.1 Å². The highest BCUT2D eigenvalue weighted by atomic mass is 35.5. The molecule has 1 aliphatic rings. The van der Waals surface area contributed by atoms with Crippen molar-refractivity contribution in [2.24, 2.45) is 23.0 Å². The molecule has 0 spiro atoms. The van der Waals surface area contributed by atoms with E-state index in [1.54, 1.807) is 0 Å². The van der Waals surface area contributed by atoms with Crippen molar-refractivity contribution in [1.29, 1.82) is 0 Å². The van der Waals surface area contributed by atoms with Gasteiger partial charge in [0.05, 0.1) is 5.41 Å². The van der Waals surface area contributed by atoms with Crippen molar-refractivity contribution in [3.05, 3.63) is 0 Å². The average molecular weight is 249 g/mol. The van der Waals surface area contributed by atoms with Crippen molar-refractivity contribution in [3.63, 3.8) is 0 Å². The normalized spacial score (nSPS) is 21.1. The third kappa shape index (κ3) is 3.36. The van der Waals surface area contributed by atoms with Crippen LogP contribution in [0.5, 0.6) is 0 Å². The molecule has 0 aliphatic carbocycles. The molecule has 1 heterocycles. The standard InChI is InChI=1S/C12H24N2O.ClH/c1-9(2)10-5-6-14(7-10)11(15)12(3,4)8-13;/h9-10H,5-8,13H2,1-4H3;1H. The van der Waals surface area contributed by atoms with Crippen LogP contribution in [0.3, 0.4) is 0 Å². The van der Waals surface area contributed by atoms with Crippen LogP contribution in [0.15, 0.2) is 0 Å². The first-order chi connectivity index (χ1) is 6.88. The second-order valence-electron chi connectivity index (χ2n) is 5.63. The molecule has 1 amide bonds. The SMILES string of the molecule is CC(C)C1CCN(C(=O)C(C)(C)CN)C1.Cl. The molecular weight excluding hydrogens is 224 g/mol. The first-order valence-corrected chi connectivity index (χ1v) is 5.88. The maximum absolute atomic E-state index is 12.1. The molecule has 96 valence electrons. The molecule has 2 N–H and O–H groups in total. The van der Waals surface area contributed by atoms with Crippen LogP contribution in [0.25, 0.3) is 0 Å². The highest BCUT2D eigenvalue weighted by molar-refractivity contribution is 5.85. The predicted molar refractivity (Wildman–Crippen MR) is 69.6 cm³/mol. The lowest BCUT2D eigenvalue weighted by atomic mass is 9.91. The number of halogens is 1. The Bertz CT molecular complexity index is 241. The van der Waals surface area contributed by atoms with E-state index in [0.717, 1.165) is 19.5 Å². The minimum atomic E-state index is -0.397. The zero-order valence-corrected chi connectivity index (χ0v) is 11.6. The molecule has 1 aliphatic heterocycles. The number of rotatable bonds is 3. The van der Waals surface area contributed by atoms with E-state index in [1.807, 2.05) is 18.7 Å². The third-order valence-corrected chi connectivity index (χ3v) is 3.54. The Morgan fingerprint density at radius 3 is 2.44 bits per heavy atom. The molecular formula is C12H25ClN2O. The lowest BCUT2D eigenvalue weighted by Crippen LogP contribution is -2.43. The molecule has 0 saturated carbocycles. The van der Waals surface area contributed by atoms with Crippen molar-refractivity contribution in [1.82, 2.24) is 4.90 Å². The molecule has 1 unspecified atom stereocenters. The maximum atomic E-state index is 12.1. The minimum Gasteiger partial charge on any atom is -0.342 e. The fourth-order valence-corrected chi connectivity index (χ4v) is 2.03. The van der Waals surface area contributed by atoms with Crippen LogP contribution in [-0.4, -0.2) is 30.4 Å². The summed E-state index contributed by atoms with van der Waals surface area (Å²) in [6.07, 6.45) is 1.14. The molecule has 0 aromatic rings. The summed E-state index contributed by atoms with van der Waals surface area (Å²) >= 11 is 0. The molecule has 1 fully saturated rings. The van der Waals surface area contributed by atoms with Crippen LogP contribution < -0.4 is 5.73 Å². The number of carbonyl (C=O) groups is 1. The Balaban J connectivity index is 0.00000225. The second-order valence-corrected chi connectivity index (χ2v) is 5.63. The fourth-order valence-electron chi connectivity index (χ4n) is 2.03. The molecule has 4 heteroatoms. The van der Waals surface area contributed by atoms with E-state index < -0.39 is 5.41 Å². The lowest BCUT2D eigenvalue weighted by Gasteiger charge is -2.28. The van der Waals surface area contributed by atoms with Crippen molar-refractivity contribution in [2.45, 2.75) is 34.1 Å². The molecule has 0 aromatic heterocycles. The summed E-state index contributed by atoms with van der Waals surface area (Å²) < 4.78 is 0. The van der Waals surface area contributed by atoms with E-state index in [0.29, 0.717) is 18.4 Å². The van der Waals surface area contributed by atoms with Gasteiger partial charge in [-0.1, -0.05) is 13.8 Å². The van der Waals surface area contributed by atoms with Gasteiger partial charge in [0.2, 0.25) is 5.91 Å². The number of nitrogens with two attached hydrogens (primary N) is 1. The largest absolute Gasteiger partial charge is 0.342 e. The number of hydrogen-bond acceptors (Lipinski definition) is 2. The Hall–Kier alpha value is -0.280. The van der Waals surface area contributed by atoms with Crippen molar-refractivity contribution in [3.8, 4) is 0 Å². The van der Waals surface area contributed by atoms with Crippen molar-refractivity contribution < 1.29 is 4.79 Å². The van der Waals surface area contributed by atoms with Crippen LogP contribution in [-0.2, 0) is 4.79 Å². The summed E-state index contributed by atoms with van der Waals surface area (Å²) in [4.78, 5) is 14.1. The molecule has 0 radical (unpaired) electrons. The quantitative estimate of drug-likeness (QED) is 0.829. The van der Waals surface area contributed by atoms with E-state index >= 15 is 0 Å². The molecule has 0 bridgehead atoms. The van der Waals surface area contributed by atoms with Gasteiger partial charge >= 0.3 is 0 Å². The minimum absolute atomic E-state index is 0. The Morgan fingerprint density at radius 1 is 1.50 bits per heavy atom. The number of amides is 1. The first kappa shape index (κ1) is 15.7. The molecule has 16 heavy (non-hydrogen) atoms. The van der Waals surface area contributed by atoms with Gasteiger partial charge in [0.25, 0.3) is 0 Å².